The van der Waals surface area contributed by atoms with Gasteiger partial charge in [-0.2, -0.15) is 4.98 Å². The third-order valence-electron chi connectivity index (χ3n) is 1.99. The van der Waals surface area contributed by atoms with Crippen LogP contribution < -0.4 is 10.9 Å². The lowest BCUT2D eigenvalue weighted by Crippen LogP contribution is -2.18. The van der Waals surface area contributed by atoms with E-state index in [0.29, 0.717) is 5.52 Å². The van der Waals surface area contributed by atoms with Crippen LogP contribution in [0.2, 0.25) is 0 Å². The minimum absolute atomic E-state index is 0.0959. The van der Waals surface area contributed by atoms with Crippen LogP contribution in [0.1, 0.15) is 0 Å². The molecule has 2 rings (SSSR count). The highest BCUT2D eigenvalue weighted by Crippen LogP contribution is 2.04. The van der Waals surface area contributed by atoms with Crippen molar-refractivity contribution in [3.8, 4) is 0 Å². The van der Waals surface area contributed by atoms with E-state index in [1.165, 1.54) is 6.33 Å². The van der Waals surface area contributed by atoms with Crippen molar-refractivity contribution in [1.82, 2.24) is 19.5 Å². The van der Waals surface area contributed by atoms with Crippen molar-refractivity contribution in [2.75, 3.05) is 11.9 Å². The Balaban J connectivity index is 2.43. The predicted octanol–water partition coefficient (Wildman–Crippen LogP) is -0.847. The van der Waals surface area contributed by atoms with Gasteiger partial charge < -0.3 is 15.0 Å². The van der Waals surface area contributed by atoms with Crippen LogP contribution in [0.3, 0.4) is 0 Å². The lowest BCUT2D eigenvalue weighted by Gasteiger charge is -2.01. The molecule has 2 aromatic rings. The van der Waals surface area contributed by atoms with E-state index in [4.69, 9.17) is 5.11 Å². The highest BCUT2D eigenvalue weighted by atomic mass is 16.4. The second-order valence-electron chi connectivity index (χ2n) is 3.19. The van der Waals surface area contributed by atoms with E-state index in [1.807, 2.05) is 0 Å². The molecule has 2 aromatic heterocycles. The fourth-order valence-corrected chi connectivity index (χ4v) is 1.31. The number of H-pyrrole nitrogens is 1. The van der Waals surface area contributed by atoms with Gasteiger partial charge in [0.1, 0.15) is 6.54 Å². The minimum atomic E-state index is -1.04. The Labute approximate surface area is 89.0 Å². The van der Waals surface area contributed by atoms with Gasteiger partial charge >= 0.3 is 5.97 Å². The lowest BCUT2D eigenvalue weighted by atomic mass is 10.5. The zero-order valence-electron chi connectivity index (χ0n) is 8.39. The summed E-state index contributed by atoms with van der Waals surface area (Å²) >= 11 is 0. The van der Waals surface area contributed by atoms with E-state index in [1.54, 1.807) is 11.6 Å². The number of carbonyl (C=O) groups is 1. The molecule has 0 amide bonds. The maximum atomic E-state index is 11.6. The molecule has 8 nitrogen and oxygen atoms in total. The first-order valence-corrected chi connectivity index (χ1v) is 4.45. The number of carboxylic acid groups (broad SMARTS) is 1. The first-order chi connectivity index (χ1) is 7.58. The highest BCUT2D eigenvalue weighted by Gasteiger charge is 2.08. The molecule has 84 valence electrons. The third kappa shape index (κ3) is 1.72. The first-order valence-electron chi connectivity index (χ1n) is 4.45. The summed E-state index contributed by atoms with van der Waals surface area (Å²) in [5.74, 6) is -0.942. The van der Waals surface area contributed by atoms with E-state index in [-0.39, 0.29) is 23.7 Å². The zero-order chi connectivity index (χ0) is 11.7. The number of aromatic nitrogens is 4. The molecular formula is C8H9N5O3. The van der Waals surface area contributed by atoms with Gasteiger partial charge in [-0.15, -0.1) is 0 Å². The summed E-state index contributed by atoms with van der Waals surface area (Å²) in [5, 5.41) is 10.9. The van der Waals surface area contributed by atoms with Gasteiger partial charge in [0.15, 0.2) is 11.2 Å². The van der Waals surface area contributed by atoms with Crippen LogP contribution in [0.25, 0.3) is 11.2 Å². The van der Waals surface area contributed by atoms with Crippen LogP contribution in [-0.4, -0.2) is 37.1 Å². The summed E-state index contributed by atoms with van der Waals surface area (Å²) < 4.78 is 1.54. The van der Waals surface area contributed by atoms with Gasteiger partial charge in [-0.25, -0.2) is 4.98 Å². The molecule has 0 aliphatic carbocycles. The summed E-state index contributed by atoms with van der Waals surface area (Å²) in [6.45, 7) is -0.318. The van der Waals surface area contributed by atoms with Crippen LogP contribution in [0, 0.1) is 0 Å². The van der Waals surface area contributed by atoms with Gasteiger partial charge in [0.2, 0.25) is 5.95 Å². The standard InChI is InChI=1S/C8H9N5O3/c1-13-3-10-6-5(13)7(16)12-8(11-6)9-2-4(14)15/h3H,2H2,1H3,(H,14,15)(H2,9,11,12,16). The smallest absolute Gasteiger partial charge is 0.322 e. The molecule has 0 aliphatic heterocycles. The molecule has 0 aliphatic rings. The molecule has 0 saturated carbocycles. The molecule has 0 radical (unpaired) electrons. The monoisotopic (exact) mass is 223 g/mol. The van der Waals surface area contributed by atoms with Crippen molar-refractivity contribution in [1.29, 1.82) is 0 Å². The second-order valence-corrected chi connectivity index (χ2v) is 3.19. The lowest BCUT2D eigenvalue weighted by molar-refractivity contribution is -0.134. The fourth-order valence-electron chi connectivity index (χ4n) is 1.31. The molecule has 0 atom stereocenters. The van der Waals surface area contributed by atoms with Gasteiger partial charge in [-0.3, -0.25) is 14.6 Å². The molecule has 0 saturated heterocycles. The molecule has 0 aromatic carbocycles. The molecule has 16 heavy (non-hydrogen) atoms. The number of hydrogen-bond donors (Lipinski definition) is 3. The van der Waals surface area contributed by atoms with Gasteiger partial charge in [-0.05, 0) is 0 Å². The van der Waals surface area contributed by atoms with Crippen molar-refractivity contribution in [3.63, 3.8) is 0 Å². The Hall–Kier alpha value is -2.38. The molecule has 0 bridgehead atoms. The van der Waals surface area contributed by atoms with Crippen LogP contribution >= 0.6 is 0 Å². The topological polar surface area (TPSA) is 113 Å². The molecule has 3 N–H and O–H groups in total. The molecule has 2 heterocycles. The van der Waals surface area contributed by atoms with E-state index >= 15 is 0 Å². The normalized spacial score (nSPS) is 10.6. The number of rotatable bonds is 3. The number of aromatic amines is 1. The van der Waals surface area contributed by atoms with Gasteiger partial charge in [-0.1, -0.05) is 0 Å². The number of aryl methyl sites for hydroxylation is 1. The Morgan fingerprint density at radius 3 is 3.12 bits per heavy atom. The number of fused-ring (bicyclic) bond motifs is 1. The number of aliphatic carboxylic acids is 1. The van der Waals surface area contributed by atoms with Crippen LogP contribution in [0.5, 0.6) is 0 Å². The Morgan fingerprint density at radius 1 is 1.69 bits per heavy atom. The van der Waals surface area contributed by atoms with E-state index in [2.05, 4.69) is 20.3 Å². The Kier molecular flexibility index (Phi) is 2.31. The largest absolute Gasteiger partial charge is 0.480 e. The minimum Gasteiger partial charge on any atom is -0.480 e. The summed E-state index contributed by atoms with van der Waals surface area (Å²) in [4.78, 5) is 32.2. The quantitative estimate of drug-likeness (QED) is 0.624. The summed E-state index contributed by atoms with van der Waals surface area (Å²) in [6.07, 6.45) is 1.47. The van der Waals surface area contributed by atoms with Crippen LogP contribution in [0.15, 0.2) is 11.1 Å². The van der Waals surface area contributed by atoms with Crippen molar-refractivity contribution < 1.29 is 9.90 Å². The SMILES string of the molecule is Cn1cnc2nc(NCC(=O)O)[nH]c(=O)c21. The molecule has 0 spiro atoms. The van der Waals surface area contributed by atoms with E-state index < -0.39 is 5.97 Å². The predicted molar refractivity (Wildman–Crippen MR) is 55.3 cm³/mol. The summed E-state index contributed by atoms with van der Waals surface area (Å²) in [6, 6.07) is 0. The zero-order valence-corrected chi connectivity index (χ0v) is 8.39. The number of nitrogens with one attached hydrogen (secondary N) is 2. The van der Waals surface area contributed by atoms with Crippen molar-refractivity contribution >= 4 is 23.1 Å². The van der Waals surface area contributed by atoms with Crippen LogP contribution in [0.4, 0.5) is 5.95 Å². The average molecular weight is 223 g/mol. The molecule has 8 heteroatoms. The molecular weight excluding hydrogens is 214 g/mol. The number of imidazole rings is 1. The maximum Gasteiger partial charge on any atom is 0.322 e. The highest BCUT2D eigenvalue weighted by molar-refractivity contribution is 5.73. The summed E-state index contributed by atoms with van der Waals surface area (Å²) in [5.41, 5.74) is 0.262. The number of nitrogens with zero attached hydrogens (tertiary/aromatic N) is 3. The van der Waals surface area contributed by atoms with E-state index in [0.717, 1.165) is 0 Å². The fraction of sp³-hybridized carbons (Fsp3) is 0.250. The number of carboxylic acids is 1. The Morgan fingerprint density at radius 2 is 2.44 bits per heavy atom. The van der Waals surface area contributed by atoms with Crippen molar-refractivity contribution in [2.45, 2.75) is 0 Å². The summed E-state index contributed by atoms with van der Waals surface area (Å²) in [7, 11) is 1.68. The van der Waals surface area contributed by atoms with E-state index in [9.17, 15) is 9.59 Å². The Bertz CT molecular complexity index is 599. The van der Waals surface area contributed by atoms with Crippen molar-refractivity contribution in [3.05, 3.63) is 16.7 Å². The van der Waals surface area contributed by atoms with Crippen LogP contribution in [-0.2, 0) is 11.8 Å². The first kappa shape index (κ1) is 10.1. The number of hydrogen-bond acceptors (Lipinski definition) is 5. The molecule has 0 fully saturated rings. The maximum absolute atomic E-state index is 11.6. The van der Waals surface area contributed by atoms with Gasteiger partial charge in [0, 0.05) is 7.05 Å². The van der Waals surface area contributed by atoms with Gasteiger partial charge in [0.25, 0.3) is 5.56 Å². The van der Waals surface area contributed by atoms with Crippen molar-refractivity contribution in [2.24, 2.45) is 7.05 Å². The second kappa shape index (κ2) is 3.65. The third-order valence-corrected chi connectivity index (χ3v) is 1.99. The molecule has 0 unspecified atom stereocenters. The van der Waals surface area contributed by atoms with Gasteiger partial charge in [0.05, 0.1) is 6.33 Å². The average Bonchev–Trinajstić information content (AvgIpc) is 2.58. The number of anilines is 1.